The van der Waals surface area contributed by atoms with Gasteiger partial charge in [-0.15, -0.1) is 21.5 Å². The molecule has 1 aliphatic carbocycles. The van der Waals surface area contributed by atoms with Crippen LogP contribution in [0.5, 0.6) is 11.5 Å². The Hall–Kier alpha value is -5.63. The molecule has 10 rings (SSSR count). The lowest BCUT2D eigenvalue weighted by Crippen LogP contribution is -2.55. The first-order chi connectivity index (χ1) is 30.9. The number of benzene rings is 4. The lowest BCUT2D eigenvalue weighted by molar-refractivity contribution is -0.0174. The van der Waals surface area contributed by atoms with Crippen LogP contribution in [0.3, 0.4) is 0 Å². The van der Waals surface area contributed by atoms with Crippen LogP contribution in [0.25, 0.3) is 5.00 Å². The zero-order chi connectivity index (χ0) is 45.0. The zero-order valence-electron chi connectivity index (χ0n) is 37.5. The minimum atomic E-state index is -0.779. The summed E-state index contributed by atoms with van der Waals surface area (Å²) in [5.74, 6) is 2.45. The number of thiophene rings is 1. The molecule has 1 atom stereocenters. The highest BCUT2D eigenvalue weighted by Gasteiger charge is 2.36. The molecular weight excluding hydrogens is 841 g/mol. The second-order valence-electron chi connectivity index (χ2n) is 17.4. The predicted molar refractivity (Wildman–Crippen MR) is 260 cm³/mol. The maximum atomic E-state index is 15.9. The van der Waals surface area contributed by atoms with Crippen LogP contribution in [0.4, 0.5) is 20.2 Å². The van der Waals surface area contributed by atoms with E-state index in [2.05, 4.69) is 55.4 Å². The van der Waals surface area contributed by atoms with Crippen molar-refractivity contribution in [3.05, 3.63) is 147 Å². The Morgan fingerprint density at radius 3 is 2.20 bits per heavy atom. The van der Waals surface area contributed by atoms with Crippen molar-refractivity contribution in [3.8, 4) is 16.5 Å². The summed E-state index contributed by atoms with van der Waals surface area (Å²) < 4.78 is 35.3. The van der Waals surface area contributed by atoms with E-state index in [1.807, 2.05) is 50.2 Å². The first-order valence-electron chi connectivity index (χ1n) is 22.4. The Bertz CT molecular complexity index is 2580. The number of piperidine rings is 1. The standard InChI is InChI=1S/C35H42FN7O2S.C10H12O.C6H5F.CH4/c1-22-24(3)46-34-31(22)32(37-23(2)33-39-38-25(4)43(33)34)26-9-10-30(29(36)19-26)42-13-11-35(44,12-14-42)21-40-15-17-41(18-16-40)27-7-6-8-28(20-27)45-5;11-10-6-5-8-3-1-2-4-9(8)7-10;7-6-4-2-1-3-5-6;/h6-10,19-20,23,44H,11-18,21H2,1-5H3;5-7,11H,1-4H2;1-5H;1H4/t23-;;;/m0.../s1. The van der Waals surface area contributed by atoms with E-state index < -0.39 is 5.60 Å². The number of aromatic hydroxyl groups is 1. The third-order valence-corrected chi connectivity index (χ3v) is 14.2. The molecule has 4 aromatic carbocycles. The number of hydrogen-bond acceptors (Lipinski definition) is 10. The van der Waals surface area contributed by atoms with Crippen LogP contribution in [0, 0.1) is 32.4 Å². The van der Waals surface area contributed by atoms with Crippen LogP contribution in [-0.4, -0.2) is 94.1 Å². The van der Waals surface area contributed by atoms with E-state index in [9.17, 15) is 14.6 Å². The average Bonchev–Trinajstić information content (AvgIpc) is 3.79. The van der Waals surface area contributed by atoms with E-state index in [-0.39, 0.29) is 25.1 Å². The number of anilines is 2. The zero-order valence-corrected chi connectivity index (χ0v) is 38.3. The van der Waals surface area contributed by atoms with Gasteiger partial charge in [0.1, 0.15) is 40.0 Å². The molecule has 10 nitrogen and oxygen atoms in total. The number of phenols is 1. The van der Waals surface area contributed by atoms with Crippen molar-refractivity contribution in [2.75, 3.05) is 62.7 Å². The van der Waals surface area contributed by atoms with Crippen LogP contribution in [0.15, 0.2) is 96.0 Å². The maximum Gasteiger partial charge on any atom is 0.162 e. The normalized spacial score (nSPS) is 17.7. The minimum Gasteiger partial charge on any atom is -0.508 e. The summed E-state index contributed by atoms with van der Waals surface area (Å²) >= 11 is 1.70. The van der Waals surface area contributed by atoms with E-state index in [0.717, 1.165) is 77.4 Å². The second kappa shape index (κ2) is 20.7. The van der Waals surface area contributed by atoms with Crippen LogP contribution < -0.4 is 14.5 Å². The number of aliphatic hydroxyl groups is 1. The largest absolute Gasteiger partial charge is 0.508 e. The number of aliphatic imine (C=N–C) groups is 1. The van der Waals surface area contributed by atoms with E-state index in [1.54, 1.807) is 48.8 Å². The first kappa shape index (κ1) is 47.3. The number of aryl methyl sites for hydroxylation is 4. The summed E-state index contributed by atoms with van der Waals surface area (Å²) in [5, 5.41) is 30.5. The lowest BCUT2D eigenvalue weighted by Gasteiger charge is -2.44. The van der Waals surface area contributed by atoms with Gasteiger partial charge in [-0.05, 0) is 131 Å². The minimum absolute atomic E-state index is 0. The number of halogens is 2. The van der Waals surface area contributed by atoms with Gasteiger partial charge in [-0.1, -0.05) is 43.8 Å². The number of hydrogen-bond donors (Lipinski definition) is 2. The molecule has 4 aliphatic rings. The van der Waals surface area contributed by atoms with Crippen LogP contribution >= 0.6 is 11.3 Å². The highest BCUT2D eigenvalue weighted by atomic mass is 32.1. The quantitative estimate of drug-likeness (QED) is 0.170. The molecule has 3 aliphatic heterocycles. The number of piperazine rings is 1. The molecule has 2 saturated heterocycles. The van der Waals surface area contributed by atoms with E-state index in [0.29, 0.717) is 43.9 Å². The maximum absolute atomic E-state index is 15.9. The van der Waals surface area contributed by atoms with Gasteiger partial charge in [0.2, 0.25) is 0 Å². The Balaban J connectivity index is 0.000000273. The molecule has 6 aromatic rings. The van der Waals surface area contributed by atoms with Gasteiger partial charge < -0.3 is 24.7 Å². The van der Waals surface area contributed by atoms with Gasteiger partial charge in [0.25, 0.3) is 0 Å². The number of rotatable bonds is 6. The summed E-state index contributed by atoms with van der Waals surface area (Å²) in [6.07, 6.45) is 6.11. The molecule has 13 heteroatoms. The van der Waals surface area contributed by atoms with Crippen molar-refractivity contribution in [1.82, 2.24) is 19.7 Å². The fraction of sp³-hybridized carbons (Fsp3) is 0.404. The molecule has 2 aromatic heterocycles. The Kier molecular flexibility index (Phi) is 15.1. The number of nitrogens with zero attached hydrogens (tertiary/aromatic N) is 7. The van der Waals surface area contributed by atoms with Gasteiger partial charge in [0, 0.05) is 73.6 Å². The van der Waals surface area contributed by atoms with Crippen molar-refractivity contribution >= 4 is 28.4 Å². The smallest absolute Gasteiger partial charge is 0.162 e. The molecule has 0 bridgehead atoms. The topological polar surface area (TPSA) is 102 Å². The molecule has 65 heavy (non-hydrogen) atoms. The monoisotopic (exact) mass is 903 g/mol. The molecule has 2 N–H and O–H groups in total. The SMILES string of the molecule is C.COc1cccc(N2CCN(CC3(O)CCN(c4ccc(C5=N[C@@H](C)c6nnc(C)n6-c6sc(C)c(C)c65)cc4F)CC3)CC2)c1.Fc1ccccc1.Oc1ccc2c(c1)CCCC2. The number of fused-ring (bicyclic) bond motifs is 4. The molecule has 0 unspecified atom stereocenters. The van der Waals surface area contributed by atoms with Crippen molar-refractivity contribution in [2.45, 2.75) is 85.3 Å². The molecular formula is C52H63F2N7O3S. The highest BCUT2D eigenvalue weighted by Crippen LogP contribution is 2.39. The fourth-order valence-electron chi connectivity index (χ4n) is 9.24. The molecule has 5 heterocycles. The molecule has 0 amide bonds. The number of methoxy groups -OCH3 is 1. The van der Waals surface area contributed by atoms with Crippen LogP contribution in [0.2, 0.25) is 0 Å². The molecule has 0 radical (unpaired) electrons. The number of β-amino-alcohol motifs (C(OH)–C–C–N with tert-alkyl or cyclic N) is 1. The Labute approximate surface area is 386 Å². The molecule has 344 valence electrons. The summed E-state index contributed by atoms with van der Waals surface area (Å²) in [6, 6.07) is 27.1. The van der Waals surface area contributed by atoms with Gasteiger partial charge in [0.15, 0.2) is 5.82 Å². The van der Waals surface area contributed by atoms with E-state index >= 15 is 4.39 Å². The van der Waals surface area contributed by atoms with Crippen LogP contribution in [-0.2, 0) is 12.8 Å². The van der Waals surface area contributed by atoms with Gasteiger partial charge in [-0.25, -0.2) is 8.78 Å². The van der Waals surface area contributed by atoms with Gasteiger partial charge in [-0.2, -0.15) is 0 Å². The Morgan fingerprint density at radius 2 is 1.52 bits per heavy atom. The van der Waals surface area contributed by atoms with E-state index in [4.69, 9.17) is 9.73 Å². The van der Waals surface area contributed by atoms with Crippen molar-refractivity contribution in [3.63, 3.8) is 0 Å². The second-order valence-corrected chi connectivity index (χ2v) is 18.6. The number of ether oxygens (including phenoxy) is 1. The third kappa shape index (κ3) is 10.7. The predicted octanol–water partition coefficient (Wildman–Crippen LogP) is 10.2. The summed E-state index contributed by atoms with van der Waals surface area (Å²) in [4.78, 5) is 13.1. The summed E-state index contributed by atoms with van der Waals surface area (Å²) in [6.45, 7) is 13.6. The third-order valence-electron chi connectivity index (χ3n) is 13.0. The lowest BCUT2D eigenvalue weighted by atomic mass is 9.90. The molecule has 0 saturated carbocycles. The summed E-state index contributed by atoms with van der Waals surface area (Å²) in [7, 11) is 1.69. The average molecular weight is 904 g/mol. The van der Waals surface area contributed by atoms with E-state index in [1.165, 1.54) is 53.1 Å². The molecule has 2 fully saturated rings. The van der Waals surface area contributed by atoms with Crippen molar-refractivity contribution < 1.29 is 23.7 Å². The molecule has 0 spiro atoms. The summed E-state index contributed by atoms with van der Waals surface area (Å²) in [5.41, 5.74) is 7.45. The van der Waals surface area contributed by atoms with Gasteiger partial charge in [-0.3, -0.25) is 14.5 Å². The first-order valence-corrected chi connectivity index (χ1v) is 23.2. The fourth-order valence-corrected chi connectivity index (χ4v) is 10.4. The number of phenolic OH excluding ortho intramolecular Hbond substituents is 1. The highest BCUT2D eigenvalue weighted by molar-refractivity contribution is 7.15. The van der Waals surface area contributed by atoms with Gasteiger partial charge in [0.05, 0.1) is 24.1 Å². The van der Waals surface area contributed by atoms with Crippen molar-refractivity contribution in [2.24, 2.45) is 4.99 Å². The van der Waals surface area contributed by atoms with Crippen LogP contribution in [0.1, 0.15) is 90.4 Å². The van der Waals surface area contributed by atoms with Crippen molar-refractivity contribution in [1.29, 1.82) is 0 Å². The van der Waals surface area contributed by atoms with Gasteiger partial charge >= 0.3 is 0 Å². The Morgan fingerprint density at radius 1 is 0.800 bits per heavy atom. The number of aromatic nitrogens is 3.